The van der Waals surface area contributed by atoms with Crippen LogP contribution in [0.15, 0.2) is 67.0 Å². The molecule has 3 heteroatoms. The zero-order chi connectivity index (χ0) is 13.1. The summed E-state index contributed by atoms with van der Waals surface area (Å²) in [4.78, 5) is 4.21. The van der Waals surface area contributed by atoms with Crippen LogP contribution in [0.1, 0.15) is 1.37 Å². The number of nitrogens with zero attached hydrogens (tertiary/aromatic N) is 3. The molecule has 0 saturated heterocycles. The van der Waals surface area contributed by atoms with Crippen LogP contribution in [0.2, 0.25) is 0 Å². The van der Waals surface area contributed by atoms with Gasteiger partial charge in [-0.25, -0.2) is 4.98 Å². The third-order valence-corrected chi connectivity index (χ3v) is 2.68. The summed E-state index contributed by atoms with van der Waals surface area (Å²) in [5.74, 6) is 0. The molecule has 86 valence electrons. The Morgan fingerprint density at radius 1 is 0.722 bits per heavy atom. The molecule has 18 heavy (non-hydrogen) atoms. The van der Waals surface area contributed by atoms with Gasteiger partial charge in [0.15, 0.2) is 0 Å². The van der Waals surface area contributed by atoms with Crippen LogP contribution in [0.3, 0.4) is 0 Å². The Hall–Kier alpha value is -2.55. The van der Waals surface area contributed by atoms with Crippen molar-refractivity contribution in [2.24, 2.45) is 0 Å². The molecule has 3 rings (SSSR count). The average Bonchev–Trinajstić information content (AvgIpc) is 2.49. The molecule has 0 amide bonds. The van der Waals surface area contributed by atoms with Gasteiger partial charge in [-0.05, 0) is 0 Å². The fraction of sp³-hybridized carbons (Fsp3) is 0. The normalized spacial score (nSPS) is 11.0. The minimum Gasteiger partial charge on any atom is -0.232 e. The minimum absolute atomic E-state index is 0.0708. The molecule has 0 unspecified atom stereocenters. The molecule has 1 aromatic heterocycles. The monoisotopic (exact) mass is 234 g/mol. The van der Waals surface area contributed by atoms with E-state index in [1.54, 1.807) is 0 Å². The van der Waals surface area contributed by atoms with Gasteiger partial charge >= 0.3 is 0 Å². The van der Waals surface area contributed by atoms with Crippen LogP contribution >= 0.6 is 0 Å². The predicted octanol–water partition coefficient (Wildman–Crippen LogP) is 3.21. The zero-order valence-electron chi connectivity index (χ0n) is 10.6. The third kappa shape index (κ3) is 1.98. The molecular formula is C15H11N3. The molecule has 0 aliphatic carbocycles. The molecule has 0 aliphatic rings. The summed E-state index contributed by atoms with van der Waals surface area (Å²) < 4.78 is 7.56. The SMILES string of the molecule is [2H]c1nnc(-c2ccccc2)c(-c2ccccc2)n1. The lowest BCUT2D eigenvalue weighted by Crippen LogP contribution is -1.94. The molecule has 2 aromatic carbocycles. The van der Waals surface area contributed by atoms with Gasteiger partial charge in [-0.15, -0.1) is 10.2 Å². The van der Waals surface area contributed by atoms with E-state index in [1.165, 1.54) is 0 Å². The quantitative estimate of drug-likeness (QED) is 0.683. The van der Waals surface area contributed by atoms with Crippen LogP contribution < -0.4 is 0 Å². The van der Waals surface area contributed by atoms with E-state index < -0.39 is 0 Å². The highest BCUT2D eigenvalue weighted by atomic mass is 15.1. The topological polar surface area (TPSA) is 38.7 Å². The first-order chi connectivity index (χ1) is 9.34. The van der Waals surface area contributed by atoms with Crippen molar-refractivity contribution in [3.05, 3.63) is 67.0 Å². The molecule has 3 aromatic rings. The highest BCUT2D eigenvalue weighted by molar-refractivity contribution is 5.76. The van der Waals surface area contributed by atoms with Gasteiger partial charge in [0.1, 0.15) is 19.1 Å². The second-order valence-electron chi connectivity index (χ2n) is 3.84. The number of benzene rings is 2. The van der Waals surface area contributed by atoms with Crippen LogP contribution in [-0.4, -0.2) is 15.2 Å². The molecular weight excluding hydrogens is 222 g/mol. The summed E-state index contributed by atoms with van der Waals surface area (Å²) in [7, 11) is 0. The lowest BCUT2D eigenvalue weighted by Gasteiger charge is -2.06. The van der Waals surface area contributed by atoms with E-state index in [2.05, 4.69) is 15.2 Å². The number of hydrogen-bond acceptors (Lipinski definition) is 3. The van der Waals surface area contributed by atoms with E-state index in [0.717, 1.165) is 11.1 Å². The Morgan fingerprint density at radius 2 is 1.28 bits per heavy atom. The van der Waals surface area contributed by atoms with Crippen LogP contribution in [0.5, 0.6) is 0 Å². The van der Waals surface area contributed by atoms with E-state index >= 15 is 0 Å². The van der Waals surface area contributed by atoms with Crippen molar-refractivity contribution in [3.8, 4) is 22.5 Å². The molecule has 0 atom stereocenters. The second kappa shape index (κ2) is 4.75. The fourth-order valence-electron chi connectivity index (χ4n) is 1.83. The summed E-state index contributed by atoms with van der Waals surface area (Å²) in [6.07, 6.45) is -0.0708. The summed E-state index contributed by atoms with van der Waals surface area (Å²) in [5, 5.41) is 7.87. The maximum atomic E-state index is 7.56. The summed E-state index contributed by atoms with van der Waals surface area (Å²) in [6.45, 7) is 0. The first kappa shape index (κ1) is 9.48. The molecule has 0 radical (unpaired) electrons. The Labute approximate surface area is 107 Å². The standard InChI is InChI=1S/C15H11N3/c1-3-7-12(8-4-1)14-15(18-17-11-16-14)13-9-5-2-6-10-13/h1-11H/i11D. The van der Waals surface area contributed by atoms with E-state index in [-0.39, 0.29) is 6.30 Å². The molecule has 3 nitrogen and oxygen atoms in total. The van der Waals surface area contributed by atoms with Gasteiger partial charge in [-0.3, -0.25) is 0 Å². The van der Waals surface area contributed by atoms with Crippen LogP contribution in [0, 0.1) is 0 Å². The predicted molar refractivity (Wildman–Crippen MR) is 70.7 cm³/mol. The number of rotatable bonds is 2. The Bertz CT molecular complexity index is 684. The van der Waals surface area contributed by atoms with Gasteiger partial charge in [0.05, 0.1) is 0 Å². The van der Waals surface area contributed by atoms with E-state index in [9.17, 15) is 0 Å². The summed E-state index contributed by atoms with van der Waals surface area (Å²) in [5.41, 5.74) is 3.26. The Kier molecular flexibility index (Phi) is 2.50. The highest BCUT2D eigenvalue weighted by Gasteiger charge is 2.09. The molecule has 0 saturated carbocycles. The first-order valence-corrected chi connectivity index (χ1v) is 5.67. The van der Waals surface area contributed by atoms with Gasteiger partial charge in [-0.1, -0.05) is 60.7 Å². The van der Waals surface area contributed by atoms with Crippen molar-refractivity contribution in [1.82, 2.24) is 15.2 Å². The van der Waals surface area contributed by atoms with E-state index in [4.69, 9.17) is 1.37 Å². The number of aromatic nitrogens is 3. The molecule has 0 bridgehead atoms. The smallest absolute Gasteiger partial charge is 0.138 e. The van der Waals surface area contributed by atoms with Gasteiger partial charge < -0.3 is 0 Å². The van der Waals surface area contributed by atoms with E-state index in [0.29, 0.717) is 11.4 Å². The Morgan fingerprint density at radius 3 is 1.89 bits per heavy atom. The molecule has 0 spiro atoms. The van der Waals surface area contributed by atoms with Crippen molar-refractivity contribution in [2.75, 3.05) is 0 Å². The fourth-order valence-corrected chi connectivity index (χ4v) is 1.83. The maximum Gasteiger partial charge on any atom is 0.138 e. The van der Waals surface area contributed by atoms with E-state index in [1.807, 2.05) is 60.7 Å². The van der Waals surface area contributed by atoms with Gasteiger partial charge in [0.25, 0.3) is 0 Å². The third-order valence-electron chi connectivity index (χ3n) is 2.68. The van der Waals surface area contributed by atoms with Crippen LogP contribution in [-0.2, 0) is 0 Å². The van der Waals surface area contributed by atoms with Gasteiger partial charge in [0, 0.05) is 11.1 Å². The van der Waals surface area contributed by atoms with Crippen molar-refractivity contribution in [1.29, 1.82) is 0 Å². The molecule has 0 aliphatic heterocycles. The minimum atomic E-state index is -0.0708. The van der Waals surface area contributed by atoms with Crippen molar-refractivity contribution >= 4 is 0 Å². The van der Waals surface area contributed by atoms with Crippen molar-refractivity contribution in [2.45, 2.75) is 0 Å². The molecule has 0 fully saturated rings. The molecule has 0 N–H and O–H groups in total. The highest BCUT2D eigenvalue weighted by Crippen LogP contribution is 2.26. The maximum absolute atomic E-state index is 7.56. The van der Waals surface area contributed by atoms with Gasteiger partial charge in [-0.2, -0.15) is 0 Å². The second-order valence-corrected chi connectivity index (χ2v) is 3.84. The summed E-state index contributed by atoms with van der Waals surface area (Å²) in [6, 6.07) is 19.5. The summed E-state index contributed by atoms with van der Waals surface area (Å²) >= 11 is 0. The Balaban J connectivity index is 2.21. The van der Waals surface area contributed by atoms with Crippen LogP contribution in [0.4, 0.5) is 0 Å². The largest absolute Gasteiger partial charge is 0.232 e. The number of hydrogen-bond donors (Lipinski definition) is 0. The lowest BCUT2D eigenvalue weighted by atomic mass is 10.0. The lowest BCUT2D eigenvalue weighted by molar-refractivity contribution is 0.981. The first-order valence-electron chi connectivity index (χ1n) is 6.17. The van der Waals surface area contributed by atoms with Crippen molar-refractivity contribution < 1.29 is 1.37 Å². The average molecular weight is 234 g/mol. The molecule has 1 heterocycles. The zero-order valence-corrected chi connectivity index (χ0v) is 9.62. The van der Waals surface area contributed by atoms with Gasteiger partial charge in [0.2, 0.25) is 0 Å². The van der Waals surface area contributed by atoms with Crippen molar-refractivity contribution in [3.63, 3.8) is 0 Å². The van der Waals surface area contributed by atoms with Crippen LogP contribution in [0.25, 0.3) is 22.5 Å².